The molecule has 0 heterocycles. The highest BCUT2D eigenvalue weighted by atomic mass is 19.4. The summed E-state index contributed by atoms with van der Waals surface area (Å²) in [5.74, 6) is -0.498. The zero-order valence-corrected chi connectivity index (χ0v) is 8.31. The van der Waals surface area contributed by atoms with Gasteiger partial charge < -0.3 is 4.74 Å². The third-order valence-electron chi connectivity index (χ3n) is 1.88. The van der Waals surface area contributed by atoms with E-state index in [1.165, 1.54) is 6.07 Å². The van der Waals surface area contributed by atoms with Crippen LogP contribution in [0.15, 0.2) is 24.3 Å². The van der Waals surface area contributed by atoms with Crippen LogP contribution in [0.4, 0.5) is 22.0 Å². The van der Waals surface area contributed by atoms with Crippen LogP contribution in [0.25, 0.3) is 0 Å². The fraction of sp³-hybridized carbons (Fsp3) is 0.400. The predicted molar refractivity (Wildman–Crippen MR) is 47.5 cm³/mol. The molecule has 0 unspecified atom stereocenters. The number of aryl methyl sites for hydroxylation is 1. The summed E-state index contributed by atoms with van der Waals surface area (Å²) in [6, 6.07) is 5.18. The Hall–Kier alpha value is -1.33. The molecule has 0 aromatic heterocycles. The maximum absolute atomic E-state index is 12.5. The summed E-state index contributed by atoms with van der Waals surface area (Å²) in [6.45, 7) is 1.75. The molecule has 0 saturated carbocycles. The molecular formula is C10H9F5O. The Kier molecular flexibility index (Phi) is 3.40. The molecule has 90 valence electrons. The second-order valence-corrected chi connectivity index (χ2v) is 3.12. The quantitative estimate of drug-likeness (QED) is 0.730. The summed E-state index contributed by atoms with van der Waals surface area (Å²) in [5.41, 5.74) is 0.621. The molecule has 0 spiro atoms. The molecule has 0 atom stereocenters. The van der Waals surface area contributed by atoms with Gasteiger partial charge in [-0.3, -0.25) is 0 Å². The van der Waals surface area contributed by atoms with Crippen molar-refractivity contribution in [1.29, 1.82) is 0 Å². The Bertz CT molecular complexity index is 358. The third-order valence-corrected chi connectivity index (χ3v) is 1.88. The Labute approximate surface area is 88.8 Å². The van der Waals surface area contributed by atoms with Crippen molar-refractivity contribution >= 4 is 0 Å². The standard InChI is InChI=1S/C10H9F5O/c1-2-7-4-3-5-8(6-7)16-10(14,15)9(11,12)13/h3-6H,2H2,1H3. The fourth-order valence-electron chi connectivity index (χ4n) is 1.03. The molecule has 0 amide bonds. The predicted octanol–water partition coefficient (Wildman–Crippen LogP) is 3.78. The molecule has 0 radical (unpaired) electrons. The van der Waals surface area contributed by atoms with Crippen molar-refractivity contribution in [1.82, 2.24) is 0 Å². The maximum Gasteiger partial charge on any atom is 0.499 e. The van der Waals surface area contributed by atoms with E-state index < -0.39 is 18.0 Å². The van der Waals surface area contributed by atoms with E-state index in [0.29, 0.717) is 12.0 Å². The highest BCUT2D eigenvalue weighted by Crippen LogP contribution is 2.37. The Morgan fingerprint density at radius 3 is 2.25 bits per heavy atom. The highest BCUT2D eigenvalue weighted by Gasteiger charge is 2.61. The minimum absolute atomic E-state index is 0.498. The van der Waals surface area contributed by atoms with E-state index in [1.807, 2.05) is 0 Å². The molecule has 16 heavy (non-hydrogen) atoms. The van der Waals surface area contributed by atoms with Gasteiger partial charge in [-0.25, -0.2) is 0 Å². The van der Waals surface area contributed by atoms with E-state index >= 15 is 0 Å². The number of benzene rings is 1. The van der Waals surface area contributed by atoms with Crippen molar-refractivity contribution < 1.29 is 26.7 Å². The van der Waals surface area contributed by atoms with Gasteiger partial charge >= 0.3 is 12.3 Å². The lowest BCUT2D eigenvalue weighted by molar-refractivity contribution is -0.360. The molecule has 1 nitrogen and oxygen atoms in total. The summed E-state index contributed by atoms with van der Waals surface area (Å²) in [4.78, 5) is 0. The van der Waals surface area contributed by atoms with Crippen LogP contribution in [0, 0.1) is 0 Å². The van der Waals surface area contributed by atoms with Gasteiger partial charge in [0.25, 0.3) is 0 Å². The number of hydrogen-bond acceptors (Lipinski definition) is 1. The zero-order valence-electron chi connectivity index (χ0n) is 8.31. The molecule has 0 saturated heterocycles. The first-order valence-corrected chi connectivity index (χ1v) is 4.49. The second-order valence-electron chi connectivity index (χ2n) is 3.12. The summed E-state index contributed by atoms with van der Waals surface area (Å²) in [5, 5.41) is 0. The maximum atomic E-state index is 12.5. The lowest BCUT2D eigenvalue weighted by Crippen LogP contribution is -2.41. The molecule has 6 heteroatoms. The van der Waals surface area contributed by atoms with Crippen LogP contribution < -0.4 is 4.74 Å². The van der Waals surface area contributed by atoms with Crippen LogP contribution in [0.1, 0.15) is 12.5 Å². The third kappa shape index (κ3) is 2.84. The first-order valence-electron chi connectivity index (χ1n) is 4.49. The Morgan fingerprint density at radius 1 is 1.12 bits per heavy atom. The van der Waals surface area contributed by atoms with Gasteiger partial charge in [0.05, 0.1) is 0 Å². The van der Waals surface area contributed by atoms with E-state index in [-0.39, 0.29) is 0 Å². The normalized spacial score (nSPS) is 12.6. The number of alkyl halides is 5. The average Bonchev–Trinajstić information content (AvgIpc) is 2.15. The van der Waals surface area contributed by atoms with E-state index in [1.54, 1.807) is 13.0 Å². The van der Waals surface area contributed by atoms with E-state index in [9.17, 15) is 22.0 Å². The van der Waals surface area contributed by atoms with Gasteiger partial charge in [0.2, 0.25) is 0 Å². The topological polar surface area (TPSA) is 9.23 Å². The Balaban J connectivity index is 2.88. The van der Waals surface area contributed by atoms with Gasteiger partial charge in [-0.1, -0.05) is 19.1 Å². The van der Waals surface area contributed by atoms with Gasteiger partial charge in [0.1, 0.15) is 5.75 Å². The molecule has 0 fully saturated rings. The largest absolute Gasteiger partial charge is 0.499 e. The van der Waals surface area contributed by atoms with Crippen molar-refractivity contribution in [3.05, 3.63) is 29.8 Å². The van der Waals surface area contributed by atoms with Crippen LogP contribution in [-0.4, -0.2) is 12.3 Å². The summed E-state index contributed by atoms with van der Waals surface area (Å²) < 4.78 is 64.1. The fourth-order valence-corrected chi connectivity index (χ4v) is 1.03. The smallest absolute Gasteiger partial charge is 0.426 e. The first-order chi connectivity index (χ1) is 7.26. The van der Waals surface area contributed by atoms with Crippen LogP contribution in [0.5, 0.6) is 5.75 Å². The summed E-state index contributed by atoms with van der Waals surface area (Å²) >= 11 is 0. The van der Waals surface area contributed by atoms with Gasteiger partial charge in [0.15, 0.2) is 0 Å². The molecule has 1 aromatic carbocycles. The van der Waals surface area contributed by atoms with Crippen molar-refractivity contribution in [3.8, 4) is 5.75 Å². The monoisotopic (exact) mass is 240 g/mol. The summed E-state index contributed by atoms with van der Waals surface area (Å²) in [6.07, 6.45) is -10.4. The van der Waals surface area contributed by atoms with Crippen LogP contribution in [0.2, 0.25) is 0 Å². The van der Waals surface area contributed by atoms with Crippen molar-refractivity contribution in [2.24, 2.45) is 0 Å². The zero-order chi connectivity index (χ0) is 12.4. The van der Waals surface area contributed by atoms with Crippen molar-refractivity contribution in [3.63, 3.8) is 0 Å². The molecule has 0 aliphatic rings. The lowest BCUT2D eigenvalue weighted by atomic mass is 10.2. The van der Waals surface area contributed by atoms with Crippen LogP contribution in [0.3, 0.4) is 0 Å². The molecule has 1 aromatic rings. The lowest BCUT2D eigenvalue weighted by Gasteiger charge is -2.20. The van der Waals surface area contributed by atoms with Gasteiger partial charge in [-0.15, -0.1) is 0 Å². The van der Waals surface area contributed by atoms with Gasteiger partial charge in [-0.05, 0) is 24.1 Å². The minimum atomic E-state index is -5.71. The van der Waals surface area contributed by atoms with Crippen molar-refractivity contribution in [2.75, 3.05) is 0 Å². The first kappa shape index (κ1) is 12.7. The number of rotatable bonds is 3. The van der Waals surface area contributed by atoms with Crippen molar-refractivity contribution in [2.45, 2.75) is 25.6 Å². The number of hydrogen-bond donors (Lipinski definition) is 0. The van der Waals surface area contributed by atoms with Crippen LogP contribution in [-0.2, 0) is 6.42 Å². The van der Waals surface area contributed by atoms with E-state index in [4.69, 9.17) is 0 Å². The summed E-state index contributed by atoms with van der Waals surface area (Å²) in [7, 11) is 0. The minimum Gasteiger partial charge on any atom is -0.426 e. The number of halogens is 5. The number of ether oxygens (including phenoxy) is 1. The second kappa shape index (κ2) is 4.27. The van der Waals surface area contributed by atoms with Gasteiger partial charge in [0, 0.05) is 0 Å². The van der Waals surface area contributed by atoms with Gasteiger partial charge in [-0.2, -0.15) is 22.0 Å². The molecule has 0 aliphatic carbocycles. The molecule has 0 bridgehead atoms. The Morgan fingerprint density at radius 2 is 1.75 bits per heavy atom. The van der Waals surface area contributed by atoms with Crippen LogP contribution >= 0.6 is 0 Å². The average molecular weight is 240 g/mol. The van der Waals surface area contributed by atoms with E-state index in [2.05, 4.69) is 4.74 Å². The molecule has 0 N–H and O–H groups in total. The highest BCUT2D eigenvalue weighted by molar-refractivity contribution is 5.28. The molecule has 0 aliphatic heterocycles. The molecular weight excluding hydrogens is 231 g/mol. The van der Waals surface area contributed by atoms with E-state index in [0.717, 1.165) is 12.1 Å². The SMILES string of the molecule is CCc1cccc(OC(F)(F)C(F)(F)F)c1. The molecule has 1 rings (SSSR count).